The summed E-state index contributed by atoms with van der Waals surface area (Å²) in [4.78, 5) is 12.9. The van der Waals surface area contributed by atoms with Crippen LogP contribution in [0.15, 0.2) is 52.1 Å². The Hall–Kier alpha value is -2.62. The van der Waals surface area contributed by atoms with Crippen molar-refractivity contribution >= 4 is 29.9 Å². The predicted octanol–water partition coefficient (Wildman–Crippen LogP) is 5.26. The number of ether oxygens (including phenoxy) is 1. The number of aliphatic imine (C=N–C) groups is 1. The van der Waals surface area contributed by atoms with Crippen LogP contribution in [0.1, 0.15) is 49.1 Å². The van der Waals surface area contributed by atoms with Crippen molar-refractivity contribution in [2.45, 2.75) is 53.1 Å². The van der Waals surface area contributed by atoms with Gasteiger partial charge in [0.05, 0.1) is 12.7 Å². The lowest BCUT2D eigenvalue weighted by molar-refractivity contribution is 0.379. The summed E-state index contributed by atoms with van der Waals surface area (Å²) in [6.45, 7) is 11.5. The molecule has 0 bridgehead atoms. The number of aromatic nitrogens is 2. The summed E-state index contributed by atoms with van der Waals surface area (Å²) in [6, 6.07) is 9.87. The summed E-state index contributed by atoms with van der Waals surface area (Å²) in [5.74, 6) is 3.48. The number of hydrogen-bond acceptors (Lipinski definition) is 5. The molecule has 0 aliphatic rings. The first kappa shape index (κ1) is 25.6. The molecule has 3 rings (SSSR count). The summed E-state index contributed by atoms with van der Waals surface area (Å²) < 4.78 is 11.7. The van der Waals surface area contributed by atoms with Crippen LogP contribution in [0.3, 0.4) is 0 Å². The number of halogens is 1. The van der Waals surface area contributed by atoms with E-state index in [9.17, 15) is 0 Å². The molecule has 8 heteroatoms. The van der Waals surface area contributed by atoms with Crippen LogP contribution >= 0.6 is 24.0 Å². The Kier molecular flexibility index (Phi) is 9.06. The van der Waals surface area contributed by atoms with Gasteiger partial charge >= 0.3 is 0 Å². The maximum absolute atomic E-state index is 5.92. The number of pyridine rings is 1. The van der Waals surface area contributed by atoms with Gasteiger partial charge in [0.15, 0.2) is 5.96 Å². The summed E-state index contributed by atoms with van der Waals surface area (Å²) in [6.07, 6.45) is 3.52. The molecular formula is C24H32IN5O2. The van der Waals surface area contributed by atoms with E-state index in [2.05, 4.69) is 60.2 Å². The molecule has 2 heterocycles. The Labute approximate surface area is 207 Å². The zero-order chi connectivity index (χ0) is 22.4. The number of rotatable bonds is 6. The topological polar surface area (TPSA) is 84.6 Å². The summed E-state index contributed by atoms with van der Waals surface area (Å²) in [7, 11) is 1.73. The third-order valence-electron chi connectivity index (χ3n) is 4.88. The van der Waals surface area contributed by atoms with E-state index in [1.807, 2.05) is 30.3 Å². The van der Waals surface area contributed by atoms with Gasteiger partial charge < -0.3 is 19.8 Å². The molecule has 2 aromatic heterocycles. The Morgan fingerprint density at radius 3 is 2.44 bits per heavy atom. The first-order valence-corrected chi connectivity index (χ1v) is 10.3. The molecule has 0 spiro atoms. The van der Waals surface area contributed by atoms with Gasteiger partial charge in [0, 0.05) is 31.3 Å². The Morgan fingerprint density at radius 2 is 1.78 bits per heavy atom. The maximum Gasteiger partial charge on any atom is 0.219 e. The lowest BCUT2D eigenvalue weighted by atomic mass is 9.94. The van der Waals surface area contributed by atoms with Gasteiger partial charge in [-0.25, -0.2) is 9.97 Å². The van der Waals surface area contributed by atoms with Crippen LogP contribution in [-0.2, 0) is 18.5 Å². The van der Waals surface area contributed by atoms with Crippen LogP contribution in [0.4, 0.5) is 0 Å². The zero-order valence-corrected chi connectivity index (χ0v) is 21.9. The quantitative estimate of drug-likeness (QED) is 0.248. The fourth-order valence-corrected chi connectivity index (χ4v) is 2.82. The van der Waals surface area contributed by atoms with E-state index < -0.39 is 0 Å². The van der Waals surface area contributed by atoms with Crippen molar-refractivity contribution in [3.63, 3.8) is 0 Å². The van der Waals surface area contributed by atoms with E-state index >= 15 is 0 Å². The molecular weight excluding hydrogens is 517 g/mol. The molecule has 172 valence electrons. The lowest BCUT2D eigenvalue weighted by Crippen LogP contribution is -2.36. The van der Waals surface area contributed by atoms with Crippen molar-refractivity contribution in [2.24, 2.45) is 4.99 Å². The monoisotopic (exact) mass is 549 g/mol. The molecule has 0 unspecified atom stereocenters. The minimum absolute atomic E-state index is 0. The lowest BCUT2D eigenvalue weighted by Gasteiger charge is -2.13. The number of oxazole rings is 1. The van der Waals surface area contributed by atoms with Crippen molar-refractivity contribution in [3.05, 3.63) is 71.1 Å². The molecule has 2 N–H and O–H groups in total. The van der Waals surface area contributed by atoms with Crippen LogP contribution in [0.5, 0.6) is 11.6 Å². The first-order valence-electron chi connectivity index (χ1n) is 10.3. The molecule has 7 nitrogen and oxygen atoms in total. The van der Waals surface area contributed by atoms with Crippen LogP contribution in [0, 0.1) is 13.8 Å². The summed E-state index contributed by atoms with van der Waals surface area (Å²) >= 11 is 0. The highest BCUT2D eigenvalue weighted by atomic mass is 127. The standard InChI is InChI=1S/C24H31N5O2.HI/c1-16-7-8-19(11-17(16)2)30-21-12-18(9-10-26-21)13-28-23(25-6)29-15-22-27-14-20(31-22)24(3,4)5;/h7-12,14H,13,15H2,1-6H3,(H2,25,28,29);1H. The number of aryl methyl sites for hydroxylation is 2. The SMILES string of the molecule is CN=C(NCc1ccnc(Oc2ccc(C)c(C)c2)c1)NCc1ncc(C(C)(C)C)o1.I. The number of nitrogens with one attached hydrogen (secondary N) is 2. The van der Waals surface area contributed by atoms with E-state index in [0.29, 0.717) is 30.8 Å². The van der Waals surface area contributed by atoms with Gasteiger partial charge in [0.1, 0.15) is 11.5 Å². The van der Waals surface area contributed by atoms with Gasteiger partial charge in [-0.05, 0) is 48.7 Å². The Morgan fingerprint density at radius 1 is 1.03 bits per heavy atom. The van der Waals surface area contributed by atoms with Crippen LogP contribution < -0.4 is 15.4 Å². The van der Waals surface area contributed by atoms with Gasteiger partial charge in [-0.1, -0.05) is 26.8 Å². The minimum atomic E-state index is -0.0659. The highest BCUT2D eigenvalue weighted by Gasteiger charge is 2.19. The molecule has 0 atom stereocenters. The Bertz CT molecular complexity index is 1060. The van der Waals surface area contributed by atoms with Crippen molar-refractivity contribution in [1.82, 2.24) is 20.6 Å². The first-order chi connectivity index (χ1) is 14.7. The van der Waals surface area contributed by atoms with Crippen molar-refractivity contribution in [1.29, 1.82) is 0 Å². The van der Waals surface area contributed by atoms with E-state index in [1.165, 1.54) is 11.1 Å². The predicted molar refractivity (Wildman–Crippen MR) is 138 cm³/mol. The van der Waals surface area contributed by atoms with Crippen molar-refractivity contribution < 1.29 is 9.15 Å². The minimum Gasteiger partial charge on any atom is -0.443 e. The molecule has 1 aromatic carbocycles. The van der Waals surface area contributed by atoms with E-state index in [0.717, 1.165) is 17.1 Å². The highest BCUT2D eigenvalue weighted by molar-refractivity contribution is 14.0. The molecule has 3 aromatic rings. The largest absolute Gasteiger partial charge is 0.443 e. The Balaban J connectivity index is 0.00000363. The van der Waals surface area contributed by atoms with Crippen LogP contribution in [0.2, 0.25) is 0 Å². The number of hydrogen-bond donors (Lipinski definition) is 2. The van der Waals surface area contributed by atoms with Gasteiger partial charge in [0.25, 0.3) is 0 Å². The van der Waals surface area contributed by atoms with Gasteiger partial charge in [-0.2, -0.15) is 0 Å². The van der Waals surface area contributed by atoms with Gasteiger partial charge in [-0.15, -0.1) is 24.0 Å². The number of guanidine groups is 1. The van der Waals surface area contributed by atoms with Gasteiger partial charge in [0.2, 0.25) is 11.8 Å². The number of benzene rings is 1. The third-order valence-corrected chi connectivity index (χ3v) is 4.88. The van der Waals surface area contributed by atoms with Crippen LogP contribution in [0.25, 0.3) is 0 Å². The third kappa shape index (κ3) is 7.22. The number of nitrogens with zero attached hydrogens (tertiary/aromatic N) is 3. The molecule has 0 amide bonds. The summed E-state index contributed by atoms with van der Waals surface area (Å²) in [5.41, 5.74) is 3.38. The highest BCUT2D eigenvalue weighted by Crippen LogP contribution is 2.23. The van der Waals surface area contributed by atoms with Gasteiger partial charge in [-0.3, -0.25) is 4.99 Å². The average molecular weight is 549 g/mol. The van der Waals surface area contributed by atoms with Crippen molar-refractivity contribution in [2.75, 3.05) is 7.05 Å². The zero-order valence-electron chi connectivity index (χ0n) is 19.5. The van der Waals surface area contributed by atoms with E-state index in [-0.39, 0.29) is 29.4 Å². The van der Waals surface area contributed by atoms with E-state index in [4.69, 9.17) is 9.15 Å². The molecule has 0 aliphatic heterocycles. The molecule has 0 saturated heterocycles. The molecule has 32 heavy (non-hydrogen) atoms. The maximum atomic E-state index is 5.92. The molecule has 0 radical (unpaired) electrons. The second-order valence-electron chi connectivity index (χ2n) is 8.50. The summed E-state index contributed by atoms with van der Waals surface area (Å²) in [5, 5.41) is 6.51. The molecule has 0 fully saturated rings. The van der Waals surface area contributed by atoms with E-state index in [1.54, 1.807) is 19.4 Å². The van der Waals surface area contributed by atoms with Crippen molar-refractivity contribution in [3.8, 4) is 11.6 Å². The second-order valence-corrected chi connectivity index (χ2v) is 8.50. The fourth-order valence-electron chi connectivity index (χ4n) is 2.82. The molecule has 0 saturated carbocycles. The fraction of sp³-hybridized carbons (Fsp3) is 0.375. The second kappa shape index (κ2) is 11.3. The average Bonchev–Trinajstić information content (AvgIpc) is 3.21. The smallest absolute Gasteiger partial charge is 0.219 e. The molecule has 0 aliphatic carbocycles. The normalized spacial score (nSPS) is 11.6. The van der Waals surface area contributed by atoms with Crippen LogP contribution in [-0.4, -0.2) is 23.0 Å².